The van der Waals surface area contributed by atoms with Gasteiger partial charge >= 0.3 is 6.36 Å². The van der Waals surface area contributed by atoms with Crippen molar-refractivity contribution in [2.45, 2.75) is 13.3 Å². The van der Waals surface area contributed by atoms with Crippen LogP contribution in [0, 0.1) is 0 Å². The molecule has 0 fully saturated rings. The number of halogens is 3. The molecular weight excluding hydrogens is 281 g/mol. The number of thioether (sulfide) groups is 1. The van der Waals surface area contributed by atoms with Crippen molar-refractivity contribution in [1.82, 2.24) is 0 Å². The molecule has 0 saturated heterocycles. The molecule has 0 aliphatic rings. The topological polar surface area (TPSA) is 46.5 Å². The first-order chi connectivity index (χ1) is 8.78. The van der Waals surface area contributed by atoms with Gasteiger partial charge in [0.15, 0.2) is 5.12 Å². The second-order valence-electron chi connectivity index (χ2n) is 3.47. The summed E-state index contributed by atoms with van der Waals surface area (Å²) in [6.07, 6.45) is -1.64. The van der Waals surface area contributed by atoms with Crippen LogP contribution in [0.3, 0.4) is 0 Å². The number of alkyl halides is 3. The van der Waals surface area contributed by atoms with Crippen LogP contribution in [0.1, 0.15) is 12.5 Å². The molecule has 0 radical (unpaired) electrons. The van der Waals surface area contributed by atoms with Gasteiger partial charge in [0.2, 0.25) is 0 Å². The van der Waals surface area contributed by atoms with Gasteiger partial charge in [0.1, 0.15) is 11.5 Å². The van der Waals surface area contributed by atoms with E-state index in [9.17, 15) is 23.1 Å². The molecule has 0 bridgehead atoms. The molecule has 7 heteroatoms. The van der Waals surface area contributed by atoms with Crippen molar-refractivity contribution < 1.29 is 27.8 Å². The third-order valence-electron chi connectivity index (χ3n) is 1.92. The summed E-state index contributed by atoms with van der Waals surface area (Å²) >= 11 is 1.09. The van der Waals surface area contributed by atoms with Gasteiger partial charge in [-0.3, -0.25) is 4.79 Å². The zero-order valence-corrected chi connectivity index (χ0v) is 10.7. The molecule has 0 spiro atoms. The van der Waals surface area contributed by atoms with Crippen molar-refractivity contribution in [2.75, 3.05) is 5.75 Å². The summed E-state index contributed by atoms with van der Waals surface area (Å²) in [7, 11) is 0. The summed E-state index contributed by atoms with van der Waals surface area (Å²) in [5.41, 5.74) is 0.346. The lowest BCUT2D eigenvalue weighted by Gasteiger charge is -2.09. The number of phenolic OH excluding ortho intramolecular Hbond substituents is 1. The van der Waals surface area contributed by atoms with Gasteiger partial charge in [-0.05, 0) is 12.1 Å². The van der Waals surface area contributed by atoms with E-state index in [2.05, 4.69) is 4.74 Å². The minimum Gasteiger partial charge on any atom is -0.507 e. The Hall–Kier alpha value is -1.63. The first-order valence-corrected chi connectivity index (χ1v) is 6.15. The molecule has 0 aliphatic carbocycles. The van der Waals surface area contributed by atoms with Gasteiger partial charge < -0.3 is 9.84 Å². The number of hydrogen-bond acceptors (Lipinski definition) is 4. The Balaban J connectivity index is 2.69. The highest BCUT2D eigenvalue weighted by Crippen LogP contribution is 2.28. The van der Waals surface area contributed by atoms with Crippen LogP contribution in [0.2, 0.25) is 0 Å². The normalized spacial score (nSPS) is 11.8. The van der Waals surface area contributed by atoms with Gasteiger partial charge in [0.25, 0.3) is 0 Å². The van der Waals surface area contributed by atoms with Crippen molar-refractivity contribution >= 4 is 23.0 Å². The van der Waals surface area contributed by atoms with E-state index in [1.165, 1.54) is 19.1 Å². The van der Waals surface area contributed by atoms with Crippen LogP contribution >= 0.6 is 11.8 Å². The van der Waals surface area contributed by atoms with Crippen LogP contribution in [0.4, 0.5) is 13.2 Å². The molecule has 0 aliphatic heterocycles. The van der Waals surface area contributed by atoms with E-state index in [1.807, 2.05) is 0 Å². The van der Waals surface area contributed by atoms with Crippen LogP contribution in [0.5, 0.6) is 11.5 Å². The van der Waals surface area contributed by atoms with Crippen molar-refractivity contribution in [2.24, 2.45) is 0 Å². The zero-order valence-electron chi connectivity index (χ0n) is 9.90. The summed E-state index contributed by atoms with van der Waals surface area (Å²) in [5, 5.41) is 9.49. The molecular formula is C12H11F3O3S. The lowest BCUT2D eigenvalue weighted by atomic mass is 10.2. The Morgan fingerprint density at radius 1 is 1.47 bits per heavy atom. The van der Waals surface area contributed by atoms with Crippen LogP contribution in [-0.4, -0.2) is 22.3 Å². The van der Waals surface area contributed by atoms with Crippen LogP contribution in [0.25, 0.3) is 6.08 Å². The summed E-state index contributed by atoms with van der Waals surface area (Å²) in [6, 6.07) is 3.28. The molecule has 104 valence electrons. The minimum absolute atomic E-state index is 0.0391. The molecule has 0 unspecified atom stereocenters. The number of phenols is 1. The second kappa shape index (κ2) is 6.51. The van der Waals surface area contributed by atoms with Gasteiger partial charge in [-0.2, -0.15) is 0 Å². The molecule has 3 nitrogen and oxygen atoms in total. The molecule has 0 aromatic heterocycles. The fraction of sp³-hybridized carbons (Fsp3) is 0.250. The first-order valence-electron chi connectivity index (χ1n) is 5.16. The monoisotopic (exact) mass is 292 g/mol. The number of hydrogen-bond donors (Lipinski definition) is 1. The number of ether oxygens (including phenoxy) is 1. The van der Waals surface area contributed by atoms with E-state index in [-0.39, 0.29) is 10.9 Å². The second-order valence-corrected chi connectivity index (χ2v) is 4.67. The number of carbonyl (C=O) groups is 1. The maximum Gasteiger partial charge on any atom is 0.573 e. The molecule has 0 saturated carbocycles. The summed E-state index contributed by atoms with van der Waals surface area (Å²) < 4.78 is 39.5. The Labute approximate surface area is 112 Å². The van der Waals surface area contributed by atoms with E-state index in [4.69, 9.17) is 0 Å². The summed E-state index contributed by atoms with van der Waals surface area (Å²) in [4.78, 5) is 10.7. The molecule has 1 N–H and O–H groups in total. The van der Waals surface area contributed by atoms with E-state index in [0.29, 0.717) is 11.3 Å². The Kier molecular flexibility index (Phi) is 5.29. The molecule has 1 rings (SSSR count). The van der Waals surface area contributed by atoms with E-state index >= 15 is 0 Å². The predicted molar refractivity (Wildman–Crippen MR) is 67.0 cm³/mol. The largest absolute Gasteiger partial charge is 0.573 e. The maximum atomic E-state index is 11.9. The Morgan fingerprint density at radius 3 is 2.68 bits per heavy atom. The number of aromatic hydroxyl groups is 1. The quantitative estimate of drug-likeness (QED) is 0.921. The highest BCUT2D eigenvalue weighted by molar-refractivity contribution is 8.13. The lowest BCUT2D eigenvalue weighted by Crippen LogP contribution is -2.16. The standard InChI is InChI=1S/C12H11F3O3S/c1-8(16)19-6-2-3-9-4-5-10(7-11(9)17)18-12(13,14)15/h2-5,7,17H,6H2,1H3. The predicted octanol–water partition coefficient (Wildman–Crippen LogP) is 3.58. The Morgan fingerprint density at radius 2 is 2.16 bits per heavy atom. The average molecular weight is 292 g/mol. The number of benzene rings is 1. The van der Waals surface area contributed by atoms with Crippen molar-refractivity contribution in [3.05, 3.63) is 29.8 Å². The van der Waals surface area contributed by atoms with E-state index in [1.54, 1.807) is 6.08 Å². The fourth-order valence-corrected chi connectivity index (χ4v) is 1.63. The SMILES string of the molecule is CC(=O)SCC=Cc1ccc(OC(F)(F)F)cc1O. The molecule has 0 amide bonds. The molecule has 0 atom stereocenters. The maximum absolute atomic E-state index is 11.9. The first kappa shape index (κ1) is 15.4. The van der Waals surface area contributed by atoms with Gasteiger partial charge in [0, 0.05) is 24.3 Å². The van der Waals surface area contributed by atoms with Gasteiger partial charge in [0.05, 0.1) is 0 Å². The van der Waals surface area contributed by atoms with Gasteiger partial charge in [-0.15, -0.1) is 13.2 Å². The van der Waals surface area contributed by atoms with Gasteiger partial charge in [-0.1, -0.05) is 23.9 Å². The zero-order chi connectivity index (χ0) is 14.5. The van der Waals surface area contributed by atoms with Crippen molar-refractivity contribution in [3.8, 4) is 11.5 Å². The van der Waals surface area contributed by atoms with Crippen molar-refractivity contribution in [3.63, 3.8) is 0 Å². The lowest BCUT2D eigenvalue weighted by molar-refractivity contribution is -0.274. The summed E-state index contributed by atoms with van der Waals surface area (Å²) in [5.74, 6) is -0.388. The fourth-order valence-electron chi connectivity index (χ4n) is 1.20. The van der Waals surface area contributed by atoms with Crippen LogP contribution in [0.15, 0.2) is 24.3 Å². The molecule has 1 aromatic carbocycles. The van der Waals surface area contributed by atoms with E-state index < -0.39 is 12.1 Å². The third kappa shape index (κ3) is 6.19. The summed E-state index contributed by atoms with van der Waals surface area (Å²) in [6.45, 7) is 1.43. The third-order valence-corrected chi connectivity index (χ3v) is 2.68. The highest BCUT2D eigenvalue weighted by atomic mass is 32.2. The Bertz CT molecular complexity index is 484. The molecule has 0 heterocycles. The molecule has 19 heavy (non-hydrogen) atoms. The van der Waals surface area contributed by atoms with Crippen molar-refractivity contribution in [1.29, 1.82) is 0 Å². The molecule has 1 aromatic rings. The van der Waals surface area contributed by atoms with Crippen LogP contribution < -0.4 is 4.74 Å². The van der Waals surface area contributed by atoms with E-state index in [0.717, 1.165) is 23.9 Å². The minimum atomic E-state index is -4.79. The number of rotatable bonds is 4. The smallest absolute Gasteiger partial charge is 0.507 e. The van der Waals surface area contributed by atoms with Crippen LogP contribution in [-0.2, 0) is 4.79 Å². The average Bonchev–Trinajstić information content (AvgIpc) is 2.24. The van der Waals surface area contributed by atoms with Gasteiger partial charge in [-0.25, -0.2) is 0 Å². The highest BCUT2D eigenvalue weighted by Gasteiger charge is 2.31. The number of carbonyl (C=O) groups excluding carboxylic acids is 1.